The Balaban J connectivity index is 0.000000847. The van der Waals surface area contributed by atoms with Crippen molar-refractivity contribution in [2.24, 2.45) is 0 Å². The highest BCUT2D eigenvalue weighted by atomic mass is 15.0. The minimum absolute atomic E-state index is 1.17. The third-order valence-corrected chi connectivity index (χ3v) is 3.53. The predicted molar refractivity (Wildman–Crippen MR) is 98.7 cm³/mol. The van der Waals surface area contributed by atoms with Crippen LogP contribution < -0.4 is 10.6 Å². The summed E-state index contributed by atoms with van der Waals surface area (Å²) in [6.45, 7) is 9.93. The number of hydrogen-bond donors (Lipinski definition) is 0. The van der Waals surface area contributed by atoms with Gasteiger partial charge in [-0.25, -0.2) is 0 Å². The van der Waals surface area contributed by atoms with Gasteiger partial charge in [-0.05, 0) is 31.2 Å². The number of fused-ring (bicyclic) bond motifs is 1. The monoisotopic (exact) mass is 289 g/mol. The van der Waals surface area contributed by atoms with Gasteiger partial charge in [0.1, 0.15) is 0 Å². The van der Waals surface area contributed by atoms with E-state index in [1.54, 1.807) is 0 Å². The lowest BCUT2D eigenvalue weighted by Crippen LogP contribution is -2.27. The average Bonchev–Trinajstić information content (AvgIpc) is 2.91. The number of benzene rings is 2. The molecule has 0 amide bonds. The lowest BCUT2D eigenvalue weighted by molar-refractivity contribution is 1.07. The van der Waals surface area contributed by atoms with Crippen molar-refractivity contribution in [1.82, 2.24) is 4.57 Å². The van der Waals surface area contributed by atoms with E-state index in [2.05, 4.69) is 78.8 Å². The Labute approximate surface area is 132 Å². The summed E-state index contributed by atoms with van der Waals surface area (Å²) in [6.07, 6.45) is 6.08. The maximum Gasteiger partial charge on any atom is 0.0540 e. The highest BCUT2D eigenvalue weighted by molar-refractivity contribution is 5.84. The van der Waals surface area contributed by atoms with Crippen LogP contribution in [0.15, 0.2) is 67.3 Å². The van der Waals surface area contributed by atoms with Gasteiger partial charge in [-0.1, -0.05) is 69.0 Å². The topological polar surface area (TPSA) is 4.93 Å². The summed E-state index contributed by atoms with van der Waals surface area (Å²) >= 11 is 0. The second-order valence-electron chi connectivity index (χ2n) is 4.68. The number of hydrogen-bond acceptors (Lipinski definition) is 0. The molecular weight excluding hydrogens is 266 g/mol. The van der Waals surface area contributed by atoms with Gasteiger partial charge in [-0.15, -0.1) is 0 Å². The molecule has 1 aromatic heterocycles. The summed E-state index contributed by atoms with van der Waals surface area (Å²) in [5.41, 5.74) is 2.39. The summed E-state index contributed by atoms with van der Waals surface area (Å²) in [5, 5.41) is 3.70. The summed E-state index contributed by atoms with van der Waals surface area (Å²) in [7, 11) is 0. The summed E-state index contributed by atoms with van der Waals surface area (Å²) in [5.74, 6) is 0. The molecule has 0 aliphatic rings. The van der Waals surface area contributed by atoms with Crippen molar-refractivity contribution in [3.05, 3.63) is 77.8 Å². The zero-order chi connectivity index (χ0) is 15.9. The molecule has 22 heavy (non-hydrogen) atoms. The Morgan fingerprint density at radius 2 is 1.55 bits per heavy atom. The van der Waals surface area contributed by atoms with Gasteiger partial charge in [0.2, 0.25) is 0 Å². The van der Waals surface area contributed by atoms with Crippen molar-refractivity contribution in [1.29, 1.82) is 0 Å². The Morgan fingerprint density at radius 3 is 2.18 bits per heavy atom. The number of para-hydroxylation sites is 2. The second-order valence-corrected chi connectivity index (χ2v) is 4.68. The first-order chi connectivity index (χ1) is 10.9. The standard InChI is InChI=1S/C19H17N.C2H6/c1-3-10-18-16(4-2)17-13-8-9-14-19(17)20(18)15-11-6-5-7-12-15;1-2/h3-14H,1H2,2H3;1-2H3/b16-4-,18-10+;. The molecule has 0 bridgehead atoms. The smallest absolute Gasteiger partial charge is 0.0540 e. The molecule has 3 rings (SSSR count). The third-order valence-electron chi connectivity index (χ3n) is 3.53. The zero-order valence-electron chi connectivity index (χ0n) is 13.6. The fourth-order valence-corrected chi connectivity index (χ4v) is 2.72. The Morgan fingerprint density at radius 1 is 0.909 bits per heavy atom. The van der Waals surface area contributed by atoms with Gasteiger partial charge in [0.25, 0.3) is 0 Å². The van der Waals surface area contributed by atoms with Gasteiger partial charge >= 0.3 is 0 Å². The SMILES string of the molecule is C=C/C=c1\c(=C/C)c2ccccc2n1-c1ccccc1.CC. The van der Waals surface area contributed by atoms with E-state index >= 15 is 0 Å². The molecule has 0 fully saturated rings. The maximum atomic E-state index is 3.85. The van der Waals surface area contributed by atoms with Crippen molar-refractivity contribution < 1.29 is 0 Å². The number of allylic oxidation sites excluding steroid dienone is 1. The van der Waals surface area contributed by atoms with E-state index in [9.17, 15) is 0 Å². The zero-order valence-corrected chi connectivity index (χ0v) is 13.6. The van der Waals surface area contributed by atoms with E-state index in [1.165, 1.54) is 27.2 Å². The molecule has 0 atom stereocenters. The lowest BCUT2D eigenvalue weighted by Gasteiger charge is -2.05. The molecule has 3 aromatic rings. The largest absolute Gasteiger partial charge is 0.309 e. The summed E-state index contributed by atoms with van der Waals surface area (Å²) in [4.78, 5) is 0. The van der Waals surface area contributed by atoms with E-state index in [0.29, 0.717) is 0 Å². The van der Waals surface area contributed by atoms with Crippen LogP contribution in [0, 0.1) is 0 Å². The van der Waals surface area contributed by atoms with Gasteiger partial charge in [-0.3, -0.25) is 0 Å². The summed E-state index contributed by atoms with van der Waals surface area (Å²) in [6, 6.07) is 18.9. The molecule has 2 aromatic carbocycles. The molecule has 0 N–H and O–H groups in total. The minimum atomic E-state index is 1.17. The fraction of sp³-hybridized carbons (Fsp3) is 0.143. The average molecular weight is 289 g/mol. The highest BCUT2D eigenvalue weighted by Gasteiger charge is 2.07. The Kier molecular flexibility index (Phi) is 5.37. The van der Waals surface area contributed by atoms with Gasteiger partial charge < -0.3 is 4.57 Å². The van der Waals surface area contributed by atoms with E-state index in [4.69, 9.17) is 0 Å². The minimum Gasteiger partial charge on any atom is -0.309 e. The molecule has 0 radical (unpaired) electrons. The van der Waals surface area contributed by atoms with Crippen LogP contribution in [0.25, 0.3) is 28.7 Å². The first-order valence-corrected chi connectivity index (χ1v) is 7.81. The third kappa shape index (κ3) is 2.75. The Bertz CT molecular complexity index is 867. The molecular formula is C21H23N. The first-order valence-electron chi connectivity index (χ1n) is 7.81. The molecule has 0 saturated heterocycles. The predicted octanol–water partition coefficient (Wildman–Crippen LogP) is 4.42. The van der Waals surface area contributed by atoms with Crippen LogP contribution >= 0.6 is 0 Å². The van der Waals surface area contributed by atoms with E-state index < -0.39 is 0 Å². The second kappa shape index (κ2) is 7.46. The van der Waals surface area contributed by atoms with Gasteiger partial charge in [0, 0.05) is 16.3 Å². The van der Waals surface area contributed by atoms with Crippen molar-refractivity contribution in [3.63, 3.8) is 0 Å². The van der Waals surface area contributed by atoms with Crippen LogP contribution in [0.3, 0.4) is 0 Å². The molecule has 1 heteroatoms. The van der Waals surface area contributed by atoms with Crippen LogP contribution in [0.2, 0.25) is 0 Å². The van der Waals surface area contributed by atoms with Crippen LogP contribution in [-0.2, 0) is 0 Å². The molecule has 1 heterocycles. The van der Waals surface area contributed by atoms with Gasteiger partial charge in [-0.2, -0.15) is 0 Å². The molecule has 112 valence electrons. The summed E-state index contributed by atoms with van der Waals surface area (Å²) < 4.78 is 2.28. The molecule has 0 unspecified atom stereocenters. The van der Waals surface area contributed by atoms with Crippen LogP contribution in [-0.4, -0.2) is 4.57 Å². The highest BCUT2D eigenvalue weighted by Crippen LogP contribution is 2.14. The van der Waals surface area contributed by atoms with Crippen molar-refractivity contribution in [3.8, 4) is 5.69 Å². The lowest BCUT2D eigenvalue weighted by atomic mass is 10.2. The molecule has 0 saturated carbocycles. The quantitative estimate of drug-likeness (QED) is 0.658. The van der Waals surface area contributed by atoms with Crippen LogP contribution in [0.4, 0.5) is 0 Å². The van der Waals surface area contributed by atoms with E-state index in [-0.39, 0.29) is 0 Å². The van der Waals surface area contributed by atoms with Crippen molar-refractivity contribution in [2.45, 2.75) is 20.8 Å². The molecule has 1 nitrogen and oxygen atoms in total. The van der Waals surface area contributed by atoms with Gasteiger partial charge in [0.05, 0.1) is 10.9 Å². The van der Waals surface area contributed by atoms with E-state index in [1.807, 2.05) is 26.0 Å². The normalized spacial score (nSPS) is 12.1. The first kappa shape index (κ1) is 15.8. The van der Waals surface area contributed by atoms with E-state index in [0.717, 1.165) is 0 Å². The van der Waals surface area contributed by atoms with Crippen LogP contribution in [0.5, 0.6) is 0 Å². The number of rotatable bonds is 2. The molecule has 0 aliphatic heterocycles. The number of aromatic nitrogens is 1. The molecule has 0 aliphatic carbocycles. The maximum absolute atomic E-state index is 3.85. The number of nitrogens with zero attached hydrogens (tertiary/aromatic N) is 1. The van der Waals surface area contributed by atoms with Crippen molar-refractivity contribution >= 4 is 23.1 Å². The van der Waals surface area contributed by atoms with Crippen LogP contribution in [0.1, 0.15) is 20.8 Å². The fourth-order valence-electron chi connectivity index (χ4n) is 2.72. The molecule has 0 spiro atoms. The van der Waals surface area contributed by atoms with Crippen molar-refractivity contribution in [2.75, 3.05) is 0 Å². The Hall–Kier alpha value is -2.54. The van der Waals surface area contributed by atoms with Gasteiger partial charge in [0.15, 0.2) is 0 Å².